The molecular formula is C16H21ClN2O2. The summed E-state index contributed by atoms with van der Waals surface area (Å²) in [6.45, 7) is 2.28. The molecule has 1 amide bonds. The van der Waals surface area contributed by atoms with Gasteiger partial charge in [-0.1, -0.05) is 23.7 Å². The van der Waals surface area contributed by atoms with Crippen LogP contribution < -0.4 is 5.32 Å². The SMILES string of the molecule is O=C1NCCCC1N1CCC(O)(c2ccc(Cl)cc2)CC1. The van der Waals surface area contributed by atoms with Crippen molar-refractivity contribution in [2.45, 2.75) is 37.3 Å². The zero-order valence-corrected chi connectivity index (χ0v) is 12.8. The molecule has 1 aromatic rings. The molecule has 21 heavy (non-hydrogen) atoms. The molecule has 0 aromatic heterocycles. The fourth-order valence-electron chi connectivity index (χ4n) is 3.36. The van der Waals surface area contributed by atoms with Crippen LogP contribution in [-0.4, -0.2) is 41.6 Å². The molecule has 2 fully saturated rings. The van der Waals surface area contributed by atoms with Crippen molar-refractivity contribution in [2.24, 2.45) is 0 Å². The Balaban J connectivity index is 1.66. The Morgan fingerprint density at radius 2 is 1.90 bits per heavy atom. The second kappa shape index (κ2) is 5.95. The lowest BCUT2D eigenvalue weighted by atomic mass is 9.83. The highest BCUT2D eigenvalue weighted by Gasteiger charge is 2.38. The molecule has 1 atom stereocenters. The maximum Gasteiger partial charge on any atom is 0.237 e. The fraction of sp³-hybridized carbons (Fsp3) is 0.562. The second-order valence-electron chi connectivity index (χ2n) is 6.02. The molecule has 0 saturated carbocycles. The van der Waals surface area contributed by atoms with Crippen molar-refractivity contribution in [3.63, 3.8) is 0 Å². The van der Waals surface area contributed by atoms with Crippen molar-refractivity contribution in [1.29, 1.82) is 0 Å². The van der Waals surface area contributed by atoms with Crippen LogP contribution in [0.4, 0.5) is 0 Å². The lowest BCUT2D eigenvalue weighted by molar-refractivity contribution is -0.130. The van der Waals surface area contributed by atoms with E-state index in [1.54, 1.807) is 0 Å². The molecule has 4 nitrogen and oxygen atoms in total. The van der Waals surface area contributed by atoms with Gasteiger partial charge in [0.25, 0.3) is 0 Å². The second-order valence-corrected chi connectivity index (χ2v) is 6.46. The molecule has 2 aliphatic heterocycles. The van der Waals surface area contributed by atoms with E-state index >= 15 is 0 Å². The number of carbonyl (C=O) groups excluding carboxylic acids is 1. The predicted molar refractivity (Wildman–Crippen MR) is 82.2 cm³/mol. The van der Waals surface area contributed by atoms with E-state index in [1.807, 2.05) is 24.3 Å². The average Bonchev–Trinajstić information content (AvgIpc) is 2.49. The number of halogens is 1. The van der Waals surface area contributed by atoms with Crippen LogP contribution in [0.1, 0.15) is 31.2 Å². The summed E-state index contributed by atoms with van der Waals surface area (Å²) >= 11 is 5.90. The smallest absolute Gasteiger partial charge is 0.237 e. The van der Waals surface area contributed by atoms with E-state index in [2.05, 4.69) is 10.2 Å². The number of hydrogen-bond acceptors (Lipinski definition) is 3. The van der Waals surface area contributed by atoms with Crippen LogP contribution in [0.3, 0.4) is 0 Å². The van der Waals surface area contributed by atoms with Crippen LogP contribution in [0.5, 0.6) is 0 Å². The van der Waals surface area contributed by atoms with Gasteiger partial charge in [-0.3, -0.25) is 9.69 Å². The number of piperidine rings is 2. The third-order valence-electron chi connectivity index (χ3n) is 4.70. The van der Waals surface area contributed by atoms with Crippen molar-refractivity contribution in [1.82, 2.24) is 10.2 Å². The number of nitrogens with one attached hydrogen (secondary N) is 1. The summed E-state index contributed by atoms with van der Waals surface area (Å²) in [6.07, 6.45) is 3.26. The topological polar surface area (TPSA) is 52.6 Å². The lowest BCUT2D eigenvalue weighted by Gasteiger charge is -2.42. The fourth-order valence-corrected chi connectivity index (χ4v) is 3.48. The van der Waals surface area contributed by atoms with Gasteiger partial charge in [0.15, 0.2) is 0 Å². The number of carbonyl (C=O) groups is 1. The summed E-state index contributed by atoms with van der Waals surface area (Å²) in [7, 11) is 0. The van der Waals surface area contributed by atoms with E-state index in [-0.39, 0.29) is 11.9 Å². The van der Waals surface area contributed by atoms with Gasteiger partial charge in [-0.05, 0) is 43.4 Å². The van der Waals surface area contributed by atoms with Crippen molar-refractivity contribution in [3.8, 4) is 0 Å². The number of benzene rings is 1. The lowest BCUT2D eigenvalue weighted by Crippen LogP contribution is -2.54. The summed E-state index contributed by atoms with van der Waals surface area (Å²) in [6, 6.07) is 7.40. The van der Waals surface area contributed by atoms with Crippen LogP contribution in [-0.2, 0) is 10.4 Å². The zero-order valence-electron chi connectivity index (χ0n) is 12.0. The van der Waals surface area contributed by atoms with E-state index < -0.39 is 5.60 Å². The minimum Gasteiger partial charge on any atom is -0.385 e. The number of rotatable bonds is 2. The van der Waals surface area contributed by atoms with Gasteiger partial charge < -0.3 is 10.4 Å². The molecule has 0 spiro atoms. The van der Waals surface area contributed by atoms with E-state index in [4.69, 9.17) is 11.6 Å². The summed E-state index contributed by atoms with van der Waals surface area (Å²) in [5, 5.41) is 14.5. The maximum atomic E-state index is 11.9. The maximum absolute atomic E-state index is 11.9. The number of amides is 1. The Bertz CT molecular complexity index is 510. The zero-order chi connectivity index (χ0) is 14.9. The van der Waals surface area contributed by atoms with Crippen molar-refractivity contribution >= 4 is 17.5 Å². The molecule has 0 radical (unpaired) electrons. The first-order valence-corrected chi connectivity index (χ1v) is 7.96. The van der Waals surface area contributed by atoms with Crippen LogP contribution in [0.15, 0.2) is 24.3 Å². The van der Waals surface area contributed by atoms with Crippen LogP contribution in [0.25, 0.3) is 0 Å². The highest BCUT2D eigenvalue weighted by atomic mass is 35.5. The Hall–Kier alpha value is -1.10. The highest BCUT2D eigenvalue weighted by Crippen LogP contribution is 2.34. The molecule has 0 bridgehead atoms. The minimum atomic E-state index is -0.799. The Kier molecular flexibility index (Phi) is 4.20. The molecule has 1 aromatic carbocycles. The van der Waals surface area contributed by atoms with E-state index in [0.29, 0.717) is 17.9 Å². The number of nitrogens with zero attached hydrogens (tertiary/aromatic N) is 1. The third kappa shape index (κ3) is 3.07. The van der Waals surface area contributed by atoms with Crippen molar-refractivity contribution in [2.75, 3.05) is 19.6 Å². The Labute approximate surface area is 130 Å². The number of hydrogen-bond donors (Lipinski definition) is 2. The van der Waals surface area contributed by atoms with Crippen LogP contribution >= 0.6 is 11.6 Å². The Morgan fingerprint density at radius 1 is 1.24 bits per heavy atom. The van der Waals surface area contributed by atoms with Gasteiger partial charge in [-0.25, -0.2) is 0 Å². The summed E-state index contributed by atoms with van der Waals surface area (Å²) < 4.78 is 0. The highest BCUT2D eigenvalue weighted by molar-refractivity contribution is 6.30. The normalized spacial score (nSPS) is 26.4. The molecule has 2 aliphatic rings. The molecule has 5 heteroatoms. The van der Waals surface area contributed by atoms with Crippen LogP contribution in [0.2, 0.25) is 5.02 Å². The predicted octanol–water partition coefficient (Wildman–Crippen LogP) is 1.90. The standard InChI is InChI=1S/C16H21ClN2O2/c17-13-5-3-12(4-6-13)16(21)7-10-19(11-8-16)14-2-1-9-18-15(14)20/h3-6,14,21H,1-2,7-11H2,(H,18,20). The number of aliphatic hydroxyl groups is 1. The molecule has 2 saturated heterocycles. The summed E-state index contributed by atoms with van der Waals surface area (Å²) in [4.78, 5) is 14.1. The van der Waals surface area contributed by atoms with Gasteiger partial charge in [0, 0.05) is 24.7 Å². The molecule has 2 heterocycles. The van der Waals surface area contributed by atoms with Gasteiger partial charge in [-0.15, -0.1) is 0 Å². The number of likely N-dealkylation sites (tertiary alicyclic amines) is 1. The van der Waals surface area contributed by atoms with Gasteiger partial charge in [0.2, 0.25) is 5.91 Å². The molecule has 114 valence electrons. The van der Waals surface area contributed by atoms with E-state index in [9.17, 15) is 9.90 Å². The largest absolute Gasteiger partial charge is 0.385 e. The van der Waals surface area contributed by atoms with Crippen LogP contribution in [0, 0.1) is 0 Å². The first kappa shape index (κ1) is 14.8. The molecule has 3 rings (SSSR count). The summed E-state index contributed by atoms with van der Waals surface area (Å²) in [5.74, 6) is 0.137. The van der Waals surface area contributed by atoms with Gasteiger partial charge in [0.1, 0.15) is 0 Å². The van der Waals surface area contributed by atoms with E-state index in [0.717, 1.165) is 38.0 Å². The molecule has 2 N–H and O–H groups in total. The van der Waals surface area contributed by atoms with Gasteiger partial charge >= 0.3 is 0 Å². The first-order chi connectivity index (χ1) is 10.1. The van der Waals surface area contributed by atoms with Crippen molar-refractivity contribution < 1.29 is 9.90 Å². The summed E-state index contributed by atoms with van der Waals surface area (Å²) in [5.41, 5.74) is 0.117. The average molecular weight is 309 g/mol. The molecule has 1 unspecified atom stereocenters. The first-order valence-electron chi connectivity index (χ1n) is 7.59. The van der Waals surface area contributed by atoms with Crippen molar-refractivity contribution in [3.05, 3.63) is 34.9 Å². The van der Waals surface area contributed by atoms with E-state index in [1.165, 1.54) is 0 Å². The quantitative estimate of drug-likeness (QED) is 0.877. The minimum absolute atomic E-state index is 0.0199. The third-order valence-corrected chi connectivity index (χ3v) is 4.96. The molecular weight excluding hydrogens is 288 g/mol. The molecule has 0 aliphatic carbocycles. The van der Waals surface area contributed by atoms with Gasteiger partial charge in [-0.2, -0.15) is 0 Å². The Morgan fingerprint density at radius 3 is 2.52 bits per heavy atom. The monoisotopic (exact) mass is 308 g/mol. The van der Waals surface area contributed by atoms with Gasteiger partial charge in [0.05, 0.1) is 11.6 Å².